The number of hydrogen-bond donors (Lipinski definition) is 2. The molecule has 0 aliphatic carbocycles. The summed E-state index contributed by atoms with van der Waals surface area (Å²) in [6.45, 7) is 0. The van der Waals surface area contributed by atoms with Crippen LogP contribution >= 0.6 is 23.1 Å². The number of amides is 1. The monoisotopic (exact) mass is 324 g/mol. The molecular weight excluding hydrogens is 308 g/mol. The first kappa shape index (κ1) is 15.8. The lowest BCUT2D eigenvalue weighted by Gasteiger charge is -2.04. The topological polar surface area (TPSA) is 79.3 Å². The first-order valence-corrected chi connectivity index (χ1v) is 8.59. The largest absolute Gasteiger partial charge is 0.481 e. The maximum absolute atomic E-state index is 11.8. The van der Waals surface area contributed by atoms with Crippen LogP contribution in [0.3, 0.4) is 0 Å². The van der Waals surface area contributed by atoms with E-state index in [4.69, 9.17) is 5.11 Å². The number of aliphatic carboxylic acids is 1. The van der Waals surface area contributed by atoms with Gasteiger partial charge < -0.3 is 10.4 Å². The molecule has 1 aromatic carbocycles. The summed E-state index contributed by atoms with van der Waals surface area (Å²) < 4.78 is 2.05. The summed E-state index contributed by atoms with van der Waals surface area (Å²) in [5.74, 6) is -0.912. The van der Waals surface area contributed by atoms with E-state index in [9.17, 15) is 9.59 Å². The third-order valence-electron chi connectivity index (χ3n) is 2.87. The number of fused-ring (bicyclic) bond motifs is 1. The zero-order chi connectivity index (χ0) is 15.2. The number of carbonyl (C=O) groups excluding carboxylic acids is 1. The van der Waals surface area contributed by atoms with Gasteiger partial charge in [-0.15, -0.1) is 11.3 Å². The van der Waals surface area contributed by atoms with Crippen LogP contribution in [0.1, 0.15) is 25.7 Å². The Morgan fingerprint density at radius 3 is 2.81 bits per heavy atom. The van der Waals surface area contributed by atoms with Gasteiger partial charge in [0, 0.05) is 18.5 Å². The molecule has 0 spiro atoms. The predicted octanol–water partition coefficient (Wildman–Crippen LogP) is 3.60. The molecule has 1 heterocycles. The highest BCUT2D eigenvalue weighted by atomic mass is 32.2. The standard InChI is InChI=1S/C14H16N2O3S2/c1-20-14-16-10-7-6-9(8-11(10)21-14)15-12(17)4-2-3-5-13(18)19/h6-8H,2-5H2,1H3,(H,15,17)(H,18,19). The second kappa shape index (κ2) is 7.42. The average molecular weight is 324 g/mol. The molecule has 21 heavy (non-hydrogen) atoms. The first-order valence-electron chi connectivity index (χ1n) is 6.54. The van der Waals surface area contributed by atoms with E-state index in [0.29, 0.717) is 19.3 Å². The molecule has 2 rings (SSSR count). The molecule has 0 atom stereocenters. The Labute approximate surface area is 130 Å². The van der Waals surface area contributed by atoms with Gasteiger partial charge in [-0.1, -0.05) is 11.8 Å². The first-order chi connectivity index (χ1) is 10.1. The Balaban J connectivity index is 1.90. The number of carboxylic acids is 1. The molecule has 1 aromatic heterocycles. The molecule has 0 saturated carbocycles. The maximum atomic E-state index is 11.8. The normalized spacial score (nSPS) is 10.7. The fraction of sp³-hybridized carbons (Fsp3) is 0.357. The number of carboxylic acid groups (broad SMARTS) is 1. The van der Waals surface area contributed by atoms with Gasteiger partial charge in [0.15, 0.2) is 4.34 Å². The van der Waals surface area contributed by atoms with Crippen molar-refractivity contribution < 1.29 is 14.7 Å². The summed E-state index contributed by atoms with van der Waals surface area (Å²) in [7, 11) is 0. The van der Waals surface area contributed by atoms with Crippen molar-refractivity contribution in [2.45, 2.75) is 30.0 Å². The van der Waals surface area contributed by atoms with E-state index < -0.39 is 5.97 Å². The molecule has 5 nitrogen and oxygen atoms in total. The summed E-state index contributed by atoms with van der Waals surface area (Å²) in [5.41, 5.74) is 1.69. The number of carbonyl (C=O) groups is 2. The fourth-order valence-corrected chi connectivity index (χ4v) is 3.38. The second-order valence-electron chi connectivity index (χ2n) is 4.52. The number of nitrogens with zero attached hydrogens (tertiary/aromatic N) is 1. The van der Waals surface area contributed by atoms with Crippen molar-refractivity contribution in [3.05, 3.63) is 18.2 Å². The number of hydrogen-bond acceptors (Lipinski definition) is 5. The van der Waals surface area contributed by atoms with Crippen molar-refractivity contribution in [1.29, 1.82) is 0 Å². The second-order valence-corrected chi connectivity index (χ2v) is 6.60. The average Bonchev–Trinajstić information content (AvgIpc) is 2.85. The van der Waals surface area contributed by atoms with Gasteiger partial charge in [0.05, 0.1) is 10.2 Å². The Bertz CT molecular complexity index is 655. The van der Waals surface area contributed by atoms with Crippen LogP contribution in [0.2, 0.25) is 0 Å². The summed E-state index contributed by atoms with van der Waals surface area (Å²) in [4.78, 5) is 26.6. The Hall–Kier alpha value is -1.60. The number of benzene rings is 1. The molecule has 2 N–H and O–H groups in total. The molecular formula is C14H16N2O3S2. The maximum Gasteiger partial charge on any atom is 0.303 e. The Morgan fingerprint density at radius 2 is 2.10 bits per heavy atom. The quantitative estimate of drug-likeness (QED) is 0.601. The molecule has 0 aliphatic heterocycles. The summed E-state index contributed by atoms with van der Waals surface area (Å²) >= 11 is 3.20. The van der Waals surface area contributed by atoms with Crippen molar-refractivity contribution in [2.75, 3.05) is 11.6 Å². The van der Waals surface area contributed by atoms with Gasteiger partial charge in [-0.05, 0) is 37.3 Å². The van der Waals surface area contributed by atoms with Gasteiger partial charge in [-0.3, -0.25) is 9.59 Å². The minimum atomic E-state index is -0.823. The van der Waals surface area contributed by atoms with Crippen molar-refractivity contribution in [2.24, 2.45) is 0 Å². The van der Waals surface area contributed by atoms with Crippen LogP contribution in [0.5, 0.6) is 0 Å². The van der Waals surface area contributed by atoms with Crippen molar-refractivity contribution in [1.82, 2.24) is 4.98 Å². The van der Waals surface area contributed by atoms with Gasteiger partial charge in [0.25, 0.3) is 0 Å². The molecule has 0 aliphatic rings. The zero-order valence-electron chi connectivity index (χ0n) is 11.6. The van der Waals surface area contributed by atoms with Crippen LogP contribution < -0.4 is 5.32 Å². The third kappa shape index (κ3) is 4.71. The van der Waals surface area contributed by atoms with Crippen molar-refractivity contribution >= 4 is 50.9 Å². The van der Waals surface area contributed by atoms with Gasteiger partial charge in [0.1, 0.15) is 0 Å². The van der Waals surface area contributed by atoms with Gasteiger partial charge in [-0.25, -0.2) is 4.98 Å². The number of aromatic nitrogens is 1. The van der Waals surface area contributed by atoms with Gasteiger partial charge >= 0.3 is 5.97 Å². The van der Waals surface area contributed by atoms with E-state index in [1.54, 1.807) is 23.1 Å². The highest BCUT2D eigenvalue weighted by Crippen LogP contribution is 2.29. The van der Waals surface area contributed by atoms with Crippen molar-refractivity contribution in [3.8, 4) is 0 Å². The Kier molecular flexibility index (Phi) is 5.58. The lowest BCUT2D eigenvalue weighted by molar-refractivity contribution is -0.137. The van der Waals surface area contributed by atoms with E-state index >= 15 is 0 Å². The molecule has 0 bridgehead atoms. The third-order valence-corrected chi connectivity index (χ3v) is 4.88. The van der Waals surface area contributed by atoms with Crippen LogP contribution in [0, 0.1) is 0 Å². The van der Waals surface area contributed by atoms with Gasteiger partial charge in [0.2, 0.25) is 5.91 Å². The van der Waals surface area contributed by atoms with E-state index in [1.807, 2.05) is 24.5 Å². The SMILES string of the molecule is CSc1nc2ccc(NC(=O)CCCCC(=O)O)cc2s1. The van der Waals surface area contributed by atoms with Crippen LogP contribution in [0.15, 0.2) is 22.5 Å². The molecule has 0 fully saturated rings. The molecule has 0 unspecified atom stereocenters. The Morgan fingerprint density at radius 1 is 1.33 bits per heavy atom. The molecule has 0 saturated heterocycles. The van der Waals surface area contributed by atoms with Crippen LogP contribution in [0.25, 0.3) is 10.2 Å². The number of nitrogens with one attached hydrogen (secondary N) is 1. The summed E-state index contributed by atoms with van der Waals surface area (Å²) in [6, 6.07) is 5.65. The van der Waals surface area contributed by atoms with Gasteiger partial charge in [-0.2, -0.15) is 0 Å². The number of rotatable bonds is 7. The van der Waals surface area contributed by atoms with Crippen LogP contribution in [-0.2, 0) is 9.59 Å². The number of thiazole rings is 1. The lowest BCUT2D eigenvalue weighted by atomic mass is 10.2. The minimum Gasteiger partial charge on any atom is -0.481 e. The summed E-state index contributed by atoms with van der Waals surface area (Å²) in [6.07, 6.45) is 3.53. The molecule has 7 heteroatoms. The van der Waals surface area contributed by atoms with E-state index in [0.717, 1.165) is 20.2 Å². The molecule has 1 amide bonds. The lowest BCUT2D eigenvalue weighted by Crippen LogP contribution is -2.11. The highest BCUT2D eigenvalue weighted by Gasteiger charge is 2.07. The molecule has 0 radical (unpaired) electrons. The van der Waals surface area contributed by atoms with E-state index in [-0.39, 0.29) is 12.3 Å². The predicted molar refractivity (Wildman–Crippen MR) is 86.1 cm³/mol. The van der Waals surface area contributed by atoms with Crippen LogP contribution in [-0.4, -0.2) is 28.2 Å². The van der Waals surface area contributed by atoms with E-state index in [2.05, 4.69) is 10.3 Å². The fourth-order valence-electron chi connectivity index (χ4n) is 1.85. The highest BCUT2D eigenvalue weighted by molar-refractivity contribution is 8.00. The summed E-state index contributed by atoms with van der Waals surface area (Å²) in [5, 5.41) is 11.4. The van der Waals surface area contributed by atoms with Crippen molar-refractivity contribution in [3.63, 3.8) is 0 Å². The molecule has 2 aromatic rings. The minimum absolute atomic E-state index is 0.0886. The smallest absolute Gasteiger partial charge is 0.303 e. The number of anilines is 1. The number of thioether (sulfide) groups is 1. The van der Waals surface area contributed by atoms with E-state index in [1.165, 1.54) is 0 Å². The number of unbranched alkanes of at least 4 members (excludes halogenated alkanes) is 1. The molecule has 112 valence electrons. The zero-order valence-corrected chi connectivity index (χ0v) is 13.2. The van der Waals surface area contributed by atoms with Crippen LogP contribution in [0.4, 0.5) is 5.69 Å².